The molecule has 0 aliphatic carbocycles. The van der Waals surface area contributed by atoms with Crippen molar-refractivity contribution in [1.82, 2.24) is 0 Å². The molecular weight excluding hydrogens is 411 g/mol. The quantitative estimate of drug-likeness (QED) is 0.451. The summed E-state index contributed by atoms with van der Waals surface area (Å²) in [5, 5.41) is 0. The predicted octanol–water partition coefficient (Wildman–Crippen LogP) is 5.69. The van der Waals surface area contributed by atoms with Gasteiger partial charge in [0, 0.05) is 10.2 Å². The highest BCUT2D eigenvalue weighted by Crippen LogP contribution is 2.40. The van der Waals surface area contributed by atoms with Gasteiger partial charge in [0.2, 0.25) is 0 Å². The normalized spacial score (nSPS) is 20.1. The van der Waals surface area contributed by atoms with Gasteiger partial charge in [-0.3, -0.25) is 4.99 Å². The third kappa shape index (κ3) is 5.04. The zero-order chi connectivity index (χ0) is 20.4. The SMILES string of the molecule is [C-]#[N+]C1C(C)=NC(C)=C(C(=O)OCCC(C)(C)C)C1c1ccc(F)cc1Br. The topological polar surface area (TPSA) is 43.0 Å². The Morgan fingerprint density at radius 1 is 1.37 bits per heavy atom. The number of benzene rings is 1. The van der Waals surface area contributed by atoms with Gasteiger partial charge in [-0.15, -0.1) is 0 Å². The smallest absolute Gasteiger partial charge is 0.336 e. The summed E-state index contributed by atoms with van der Waals surface area (Å²) < 4.78 is 19.6. The van der Waals surface area contributed by atoms with Crippen LogP contribution in [0.15, 0.2) is 38.9 Å². The minimum absolute atomic E-state index is 0.0451. The number of esters is 1. The van der Waals surface area contributed by atoms with Gasteiger partial charge in [0.25, 0.3) is 6.04 Å². The molecule has 1 aromatic carbocycles. The molecule has 2 unspecified atom stereocenters. The molecule has 144 valence electrons. The highest BCUT2D eigenvalue weighted by molar-refractivity contribution is 9.10. The second kappa shape index (κ2) is 8.35. The molecule has 1 aliphatic rings. The lowest BCUT2D eigenvalue weighted by Gasteiger charge is -2.27. The predicted molar refractivity (Wildman–Crippen MR) is 108 cm³/mol. The Labute approximate surface area is 168 Å². The Morgan fingerprint density at radius 3 is 2.59 bits per heavy atom. The molecule has 2 atom stereocenters. The van der Waals surface area contributed by atoms with Crippen molar-refractivity contribution < 1.29 is 13.9 Å². The lowest BCUT2D eigenvalue weighted by Crippen LogP contribution is -2.33. The molecule has 27 heavy (non-hydrogen) atoms. The fourth-order valence-corrected chi connectivity index (χ4v) is 3.66. The maximum Gasteiger partial charge on any atom is 0.336 e. The molecule has 0 aromatic heterocycles. The summed E-state index contributed by atoms with van der Waals surface area (Å²) in [7, 11) is 0. The van der Waals surface area contributed by atoms with E-state index >= 15 is 0 Å². The van der Waals surface area contributed by atoms with E-state index < -0.39 is 17.9 Å². The number of aliphatic imine (C=N–C) groups is 1. The summed E-state index contributed by atoms with van der Waals surface area (Å²) in [6, 6.07) is 3.65. The molecule has 0 saturated carbocycles. The van der Waals surface area contributed by atoms with E-state index in [0.29, 0.717) is 33.6 Å². The van der Waals surface area contributed by atoms with Crippen LogP contribution in [0.3, 0.4) is 0 Å². The lowest BCUT2D eigenvalue weighted by molar-refractivity contribution is -0.140. The summed E-state index contributed by atoms with van der Waals surface area (Å²) >= 11 is 3.38. The summed E-state index contributed by atoms with van der Waals surface area (Å²) in [5.41, 5.74) is 2.25. The molecule has 0 amide bonds. The van der Waals surface area contributed by atoms with E-state index in [1.54, 1.807) is 19.9 Å². The third-order valence-electron chi connectivity index (χ3n) is 4.53. The van der Waals surface area contributed by atoms with Crippen LogP contribution in [0.5, 0.6) is 0 Å². The summed E-state index contributed by atoms with van der Waals surface area (Å²) in [5.74, 6) is -1.42. The highest BCUT2D eigenvalue weighted by Gasteiger charge is 2.42. The van der Waals surface area contributed by atoms with E-state index in [9.17, 15) is 9.18 Å². The number of allylic oxidation sites excluding steroid dienone is 1. The van der Waals surface area contributed by atoms with Crippen LogP contribution in [0, 0.1) is 17.8 Å². The van der Waals surface area contributed by atoms with Crippen LogP contribution < -0.4 is 0 Å². The highest BCUT2D eigenvalue weighted by atomic mass is 79.9. The van der Waals surface area contributed by atoms with Gasteiger partial charge in [0.15, 0.2) is 0 Å². The molecule has 1 heterocycles. The van der Waals surface area contributed by atoms with Gasteiger partial charge in [-0.2, -0.15) is 0 Å². The molecule has 0 spiro atoms. The van der Waals surface area contributed by atoms with Crippen molar-refractivity contribution in [2.75, 3.05) is 6.61 Å². The van der Waals surface area contributed by atoms with Crippen LogP contribution in [-0.4, -0.2) is 24.3 Å². The molecule has 0 radical (unpaired) electrons. The fourth-order valence-electron chi connectivity index (χ4n) is 3.06. The molecule has 1 aliphatic heterocycles. The molecule has 6 heteroatoms. The zero-order valence-corrected chi connectivity index (χ0v) is 17.9. The van der Waals surface area contributed by atoms with Crippen LogP contribution in [0.2, 0.25) is 0 Å². The molecule has 0 fully saturated rings. The van der Waals surface area contributed by atoms with Gasteiger partial charge in [0.05, 0.1) is 17.9 Å². The number of hydrogen-bond donors (Lipinski definition) is 0. The van der Waals surface area contributed by atoms with Crippen molar-refractivity contribution >= 4 is 27.6 Å². The van der Waals surface area contributed by atoms with Gasteiger partial charge < -0.3 is 9.58 Å². The summed E-state index contributed by atoms with van der Waals surface area (Å²) in [6.45, 7) is 17.7. The molecular formula is C21H24BrFN2O2. The van der Waals surface area contributed by atoms with Gasteiger partial charge in [-0.05, 0) is 43.4 Å². The van der Waals surface area contributed by atoms with Crippen LogP contribution >= 0.6 is 15.9 Å². The molecule has 4 nitrogen and oxygen atoms in total. The maximum absolute atomic E-state index is 13.6. The number of carbonyl (C=O) groups is 1. The van der Waals surface area contributed by atoms with Crippen LogP contribution in [0.25, 0.3) is 4.85 Å². The van der Waals surface area contributed by atoms with E-state index in [1.165, 1.54) is 12.1 Å². The van der Waals surface area contributed by atoms with Crippen LogP contribution in [-0.2, 0) is 9.53 Å². The fraction of sp³-hybridized carbons (Fsp3) is 0.476. The van der Waals surface area contributed by atoms with E-state index in [-0.39, 0.29) is 11.2 Å². The first-order valence-corrected chi connectivity index (χ1v) is 9.59. The number of rotatable bonds is 4. The zero-order valence-electron chi connectivity index (χ0n) is 16.3. The van der Waals surface area contributed by atoms with Gasteiger partial charge in [-0.25, -0.2) is 15.8 Å². The first-order valence-electron chi connectivity index (χ1n) is 8.79. The second-order valence-corrected chi connectivity index (χ2v) is 8.77. The van der Waals surface area contributed by atoms with Gasteiger partial charge >= 0.3 is 5.97 Å². The number of carbonyl (C=O) groups excluding carboxylic acids is 1. The lowest BCUT2D eigenvalue weighted by atomic mass is 9.80. The van der Waals surface area contributed by atoms with E-state index in [4.69, 9.17) is 11.3 Å². The van der Waals surface area contributed by atoms with Gasteiger partial charge in [0.1, 0.15) is 11.7 Å². The van der Waals surface area contributed by atoms with Crippen molar-refractivity contribution in [3.05, 3.63) is 56.7 Å². The number of nitrogens with zero attached hydrogens (tertiary/aromatic N) is 2. The van der Waals surface area contributed by atoms with E-state index in [0.717, 1.165) is 6.42 Å². The van der Waals surface area contributed by atoms with Crippen molar-refractivity contribution in [1.29, 1.82) is 0 Å². The standard InChI is InChI=1S/C21H24BrFN2O2/c1-12-17(20(26)27-10-9-21(3,4)5)18(19(24-6)13(2)25-12)15-8-7-14(23)11-16(15)22/h7-8,11,18-19H,9-10H2,1-5H3. The van der Waals surface area contributed by atoms with Crippen molar-refractivity contribution in [3.8, 4) is 0 Å². The monoisotopic (exact) mass is 434 g/mol. The largest absolute Gasteiger partial charge is 0.462 e. The average Bonchev–Trinajstić information content (AvgIpc) is 2.53. The second-order valence-electron chi connectivity index (χ2n) is 7.92. The van der Waals surface area contributed by atoms with Crippen LogP contribution in [0.1, 0.15) is 52.5 Å². The third-order valence-corrected chi connectivity index (χ3v) is 5.22. The Kier molecular flexibility index (Phi) is 6.59. The van der Waals surface area contributed by atoms with E-state index in [2.05, 4.69) is 46.5 Å². The van der Waals surface area contributed by atoms with E-state index in [1.807, 2.05) is 0 Å². The Morgan fingerprint density at radius 2 is 2.04 bits per heavy atom. The number of halogens is 2. The number of ether oxygens (including phenoxy) is 1. The average molecular weight is 435 g/mol. The Hall–Kier alpha value is -2.00. The maximum atomic E-state index is 13.6. The number of hydrogen-bond acceptors (Lipinski definition) is 3. The molecule has 0 N–H and O–H groups in total. The first-order chi connectivity index (χ1) is 12.5. The molecule has 0 saturated heterocycles. The molecule has 1 aromatic rings. The van der Waals surface area contributed by atoms with Gasteiger partial charge in [-0.1, -0.05) is 42.8 Å². The Balaban J connectivity index is 2.45. The minimum atomic E-state index is -0.638. The van der Waals surface area contributed by atoms with Crippen molar-refractivity contribution in [2.24, 2.45) is 10.4 Å². The molecule has 2 rings (SSSR count). The summed E-state index contributed by atoms with van der Waals surface area (Å²) in [4.78, 5) is 21.0. The van der Waals surface area contributed by atoms with Crippen LogP contribution in [0.4, 0.5) is 4.39 Å². The van der Waals surface area contributed by atoms with Crippen molar-refractivity contribution in [3.63, 3.8) is 0 Å². The summed E-state index contributed by atoms with van der Waals surface area (Å²) in [6.07, 6.45) is 0.727. The first kappa shape index (κ1) is 21.3. The molecule has 0 bridgehead atoms. The Bertz CT molecular complexity index is 847. The minimum Gasteiger partial charge on any atom is -0.462 e. The van der Waals surface area contributed by atoms with Crippen molar-refractivity contribution in [2.45, 2.75) is 53.0 Å².